The van der Waals surface area contributed by atoms with Crippen LogP contribution in [0.1, 0.15) is 12.6 Å². The van der Waals surface area contributed by atoms with E-state index in [9.17, 15) is 14.4 Å². The van der Waals surface area contributed by atoms with Crippen LogP contribution in [0.4, 0.5) is 11.4 Å². The fraction of sp³-hybridized carbons (Fsp3) is 0.350. The molecule has 1 aliphatic heterocycles. The van der Waals surface area contributed by atoms with E-state index in [0.29, 0.717) is 36.9 Å². The SMILES string of the molecule is CC(=O)Nc1ccc(C)n(CC(=O)N2CCN(c3cccc(Cl)c3)CC2)c1=O. The lowest BCUT2D eigenvalue weighted by Crippen LogP contribution is -2.50. The number of anilines is 2. The highest BCUT2D eigenvalue weighted by molar-refractivity contribution is 6.30. The molecule has 0 unspecified atom stereocenters. The van der Waals surface area contributed by atoms with Crippen LogP contribution < -0.4 is 15.8 Å². The molecule has 0 aliphatic carbocycles. The van der Waals surface area contributed by atoms with E-state index in [1.807, 2.05) is 24.3 Å². The molecule has 0 spiro atoms. The predicted molar refractivity (Wildman–Crippen MR) is 110 cm³/mol. The van der Waals surface area contributed by atoms with Crippen molar-refractivity contribution < 1.29 is 9.59 Å². The Labute approximate surface area is 168 Å². The maximum Gasteiger partial charge on any atom is 0.274 e. The van der Waals surface area contributed by atoms with Crippen molar-refractivity contribution in [3.8, 4) is 0 Å². The molecule has 1 fully saturated rings. The molecule has 1 aromatic heterocycles. The van der Waals surface area contributed by atoms with Crippen molar-refractivity contribution in [3.63, 3.8) is 0 Å². The Morgan fingerprint density at radius 2 is 1.82 bits per heavy atom. The Morgan fingerprint density at radius 3 is 2.46 bits per heavy atom. The zero-order valence-corrected chi connectivity index (χ0v) is 16.7. The fourth-order valence-electron chi connectivity index (χ4n) is 3.27. The molecule has 0 saturated carbocycles. The summed E-state index contributed by atoms with van der Waals surface area (Å²) in [6.07, 6.45) is 0. The van der Waals surface area contributed by atoms with Gasteiger partial charge in [-0.3, -0.25) is 14.4 Å². The molecule has 1 N–H and O–H groups in total. The van der Waals surface area contributed by atoms with Crippen LogP contribution in [0.15, 0.2) is 41.2 Å². The van der Waals surface area contributed by atoms with E-state index in [1.165, 1.54) is 11.5 Å². The van der Waals surface area contributed by atoms with Crippen molar-refractivity contribution in [3.05, 3.63) is 57.5 Å². The average molecular weight is 403 g/mol. The van der Waals surface area contributed by atoms with Crippen molar-refractivity contribution in [2.75, 3.05) is 36.4 Å². The van der Waals surface area contributed by atoms with Gasteiger partial charge in [-0.25, -0.2) is 0 Å². The highest BCUT2D eigenvalue weighted by Gasteiger charge is 2.22. The summed E-state index contributed by atoms with van der Waals surface area (Å²) < 4.78 is 1.40. The average Bonchev–Trinajstić information content (AvgIpc) is 2.67. The first-order chi connectivity index (χ1) is 13.3. The number of nitrogens with one attached hydrogen (secondary N) is 1. The number of halogens is 1. The molecule has 148 valence electrons. The molecule has 0 bridgehead atoms. The summed E-state index contributed by atoms with van der Waals surface area (Å²) in [7, 11) is 0. The van der Waals surface area contributed by atoms with Crippen molar-refractivity contribution in [2.24, 2.45) is 0 Å². The lowest BCUT2D eigenvalue weighted by Gasteiger charge is -2.36. The second kappa shape index (κ2) is 8.48. The minimum atomic E-state index is -0.374. The van der Waals surface area contributed by atoms with Gasteiger partial charge in [-0.2, -0.15) is 0 Å². The number of amides is 2. The molecule has 7 nitrogen and oxygen atoms in total. The van der Waals surface area contributed by atoms with Crippen LogP contribution in [-0.4, -0.2) is 47.5 Å². The van der Waals surface area contributed by atoms with E-state index in [1.54, 1.807) is 24.0 Å². The number of hydrogen-bond acceptors (Lipinski definition) is 4. The van der Waals surface area contributed by atoms with Gasteiger partial charge in [0.05, 0.1) is 0 Å². The molecule has 0 atom stereocenters. The third-order valence-electron chi connectivity index (χ3n) is 4.80. The Kier molecular flexibility index (Phi) is 6.04. The third-order valence-corrected chi connectivity index (χ3v) is 5.04. The summed E-state index contributed by atoms with van der Waals surface area (Å²) in [5, 5.41) is 3.19. The van der Waals surface area contributed by atoms with Crippen LogP contribution in [0, 0.1) is 6.92 Å². The maximum atomic E-state index is 12.7. The number of carbonyl (C=O) groups is 2. The van der Waals surface area contributed by atoms with Crippen LogP contribution in [0.5, 0.6) is 0 Å². The Bertz CT molecular complexity index is 949. The standard InChI is InChI=1S/C20H23ClN4O3/c1-14-6-7-18(22-15(2)26)20(28)25(14)13-19(27)24-10-8-23(9-11-24)17-5-3-4-16(21)12-17/h3-7,12H,8-11,13H2,1-2H3,(H,22,26). The van der Waals surface area contributed by atoms with Crippen LogP contribution in [-0.2, 0) is 16.1 Å². The molecule has 1 aromatic carbocycles. The number of rotatable bonds is 4. The summed E-state index contributed by atoms with van der Waals surface area (Å²) in [5.41, 5.74) is 1.51. The highest BCUT2D eigenvalue weighted by Crippen LogP contribution is 2.20. The third kappa shape index (κ3) is 4.54. The molecule has 2 heterocycles. The van der Waals surface area contributed by atoms with Crippen LogP contribution >= 0.6 is 11.6 Å². The first-order valence-electron chi connectivity index (χ1n) is 9.11. The summed E-state index contributed by atoms with van der Waals surface area (Å²) in [4.78, 5) is 40.5. The van der Waals surface area contributed by atoms with E-state index in [0.717, 1.165) is 5.69 Å². The predicted octanol–water partition coefficient (Wildman–Crippen LogP) is 2.12. The van der Waals surface area contributed by atoms with Gasteiger partial charge < -0.3 is 19.7 Å². The van der Waals surface area contributed by atoms with E-state index < -0.39 is 0 Å². The Balaban J connectivity index is 1.66. The molecular formula is C20H23ClN4O3. The van der Waals surface area contributed by atoms with Gasteiger partial charge in [0.25, 0.3) is 5.56 Å². The van der Waals surface area contributed by atoms with Gasteiger partial charge in [0, 0.05) is 49.5 Å². The van der Waals surface area contributed by atoms with Crippen molar-refractivity contribution in [2.45, 2.75) is 20.4 Å². The zero-order chi connectivity index (χ0) is 20.3. The van der Waals surface area contributed by atoms with Gasteiger partial charge in [-0.05, 0) is 37.3 Å². The summed E-state index contributed by atoms with van der Waals surface area (Å²) in [5.74, 6) is -0.438. The van der Waals surface area contributed by atoms with Crippen LogP contribution in [0.3, 0.4) is 0 Å². The van der Waals surface area contributed by atoms with Gasteiger partial charge in [0.2, 0.25) is 11.8 Å². The van der Waals surface area contributed by atoms with Crippen molar-refractivity contribution in [1.29, 1.82) is 0 Å². The summed E-state index contributed by atoms with van der Waals surface area (Å²) in [6, 6.07) is 10.9. The van der Waals surface area contributed by atoms with Crippen molar-refractivity contribution >= 4 is 34.8 Å². The quantitative estimate of drug-likeness (QED) is 0.850. The van der Waals surface area contributed by atoms with Crippen LogP contribution in [0.25, 0.3) is 0 Å². The van der Waals surface area contributed by atoms with Gasteiger partial charge in [-0.15, -0.1) is 0 Å². The first kappa shape index (κ1) is 19.9. The molecule has 28 heavy (non-hydrogen) atoms. The number of hydrogen-bond donors (Lipinski definition) is 1. The number of aromatic nitrogens is 1. The van der Waals surface area contributed by atoms with Crippen LogP contribution in [0.2, 0.25) is 5.02 Å². The van der Waals surface area contributed by atoms with Gasteiger partial charge >= 0.3 is 0 Å². The minimum absolute atomic E-state index is 0.0464. The van der Waals surface area contributed by atoms with Crippen molar-refractivity contribution in [1.82, 2.24) is 9.47 Å². The Morgan fingerprint density at radius 1 is 1.11 bits per heavy atom. The fourth-order valence-corrected chi connectivity index (χ4v) is 3.46. The molecule has 1 aliphatic rings. The minimum Gasteiger partial charge on any atom is -0.368 e. The van der Waals surface area contributed by atoms with E-state index in [4.69, 9.17) is 11.6 Å². The Hall–Kier alpha value is -2.80. The lowest BCUT2D eigenvalue weighted by molar-refractivity contribution is -0.132. The molecular weight excluding hydrogens is 380 g/mol. The summed E-state index contributed by atoms with van der Waals surface area (Å²) in [6.45, 7) is 5.61. The number of pyridine rings is 1. The summed E-state index contributed by atoms with van der Waals surface area (Å²) >= 11 is 6.06. The molecule has 2 amide bonds. The molecule has 3 rings (SSSR count). The molecule has 1 saturated heterocycles. The second-order valence-electron chi connectivity index (χ2n) is 6.81. The van der Waals surface area contributed by atoms with E-state index in [2.05, 4.69) is 10.2 Å². The highest BCUT2D eigenvalue weighted by atomic mass is 35.5. The normalized spacial score (nSPS) is 14.1. The topological polar surface area (TPSA) is 74.7 Å². The van der Waals surface area contributed by atoms with Gasteiger partial charge in [0.15, 0.2) is 0 Å². The largest absolute Gasteiger partial charge is 0.368 e. The second-order valence-corrected chi connectivity index (χ2v) is 7.25. The van der Waals surface area contributed by atoms with E-state index >= 15 is 0 Å². The lowest BCUT2D eigenvalue weighted by atomic mass is 10.2. The van der Waals surface area contributed by atoms with Gasteiger partial charge in [-0.1, -0.05) is 17.7 Å². The number of benzene rings is 1. The number of carbonyl (C=O) groups excluding carboxylic acids is 2. The maximum absolute atomic E-state index is 12.7. The van der Waals surface area contributed by atoms with Gasteiger partial charge in [0.1, 0.15) is 12.2 Å². The first-order valence-corrected chi connectivity index (χ1v) is 9.49. The number of aryl methyl sites for hydroxylation is 1. The zero-order valence-electron chi connectivity index (χ0n) is 15.9. The molecule has 2 aromatic rings. The monoisotopic (exact) mass is 402 g/mol. The number of piperazine rings is 1. The smallest absolute Gasteiger partial charge is 0.274 e. The molecule has 8 heteroatoms. The van der Waals surface area contributed by atoms with E-state index in [-0.39, 0.29) is 29.6 Å². The number of nitrogens with zero attached hydrogens (tertiary/aromatic N) is 3. The molecule has 0 radical (unpaired) electrons.